The molecule has 0 bridgehead atoms. The Hall–Kier alpha value is -1.61. The Kier molecular flexibility index (Phi) is 2.56. The van der Waals surface area contributed by atoms with Gasteiger partial charge in [-0.25, -0.2) is 4.39 Å². The molecule has 0 saturated heterocycles. The van der Waals surface area contributed by atoms with Gasteiger partial charge in [-0.1, -0.05) is 11.6 Å². The normalized spacial score (nSPS) is 10.3. The Morgan fingerprint density at radius 1 is 1.33 bits per heavy atom. The summed E-state index contributed by atoms with van der Waals surface area (Å²) in [7, 11) is 0. The maximum Gasteiger partial charge on any atom is 0.229 e. The Morgan fingerprint density at radius 2 is 2.13 bits per heavy atom. The number of hydrogen-bond acceptors (Lipinski definition) is 2. The molecule has 1 heterocycles. The maximum atomic E-state index is 12.7. The molecule has 0 atom stereocenters. The molecule has 0 amide bonds. The van der Waals surface area contributed by atoms with Crippen molar-refractivity contribution in [1.29, 1.82) is 0 Å². The average Bonchev–Trinajstić information content (AvgIpc) is 2.69. The van der Waals surface area contributed by atoms with Crippen molar-refractivity contribution in [2.75, 3.05) is 0 Å². The lowest BCUT2D eigenvalue weighted by molar-refractivity contribution is 0.101. The Labute approximate surface area is 90.3 Å². The van der Waals surface area contributed by atoms with Crippen molar-refractivity contribution in [2.45, 2.75) is 0 Å². The lowest BCUT2D eigenvalue weighted by Crippen LogP contribution is -2.00. The Bertz CT molecular complexity index is 491. The second-order valence-electron chi connectivity index (χ2n) is 2.93. The summed E-state index contributed by atoms with van der Waals surface area (Å²) in [6, 6.07) is 6.75. The van der Waals surface area contributed by atoms with E-state index in [2.05, 4.69) is 0 Å². The molecule has 2 rings (SSSR count). The van der Waals surface area contributed by atoms with Crippen molar-refractivity contribution < 1.29 is 13.6 Å². The van der Waals surface area contributed by atoms with Crippen LogP contribution in [0.15, 0.2) is 41.0 Å². The molecule has 1 aromatic heterocycles. The minimum absolute atomic E-state index is 0.0800. The zero-order valence-electron chi connectivity index (χ0n) is 7.54. The third-order valence-corrected chi connectivity index (χ3v) is 2.23. The fraction of sp³-hybridized carbons (Fsp3) is 0. The van der Waals surface area contributed by atoms with Gasteiger partial charge in [-0.15, -0.1) is 0 Å². The summed E-state index contributed by atoms with van der Waals surface area (Å²) in [5.41, 5.74) is 0.230. The second kappa shape index (κ2) is 3.87. The van der Waals surface area contributed by atoms with Crippen LogP contribution < -0.4 is 0 Å². The summed E-state index contributed by atoms with van der Waals surface area (Å²) in [6.07, 6.45) is 1.39. The summed E-state index contributed by atoms with van der Waals surface area (Å²) in [5.74, 6) is -0.649. The molecule has 2 nitrogen and oxygen atoms in total. The molecule has 0 N–H and O–H groups in total. The number of carbonyl (C=O) groups excluding carboxylic acids is 1. The first-order valence-electron chi connectivity index (χ1n) is 4.22. The van der Waals surface area contributed by atoms with Gasteiger partial charge in [-0.05, 0) is 30.3 Å². The SMILES string of the molecule is O=C(c1ccco1)c1ccc(F)cc1Cl. The number of carbonyl (C=O) groups is 1. The van der Waals surface area contributed by atoms with E-state index >= 15 is 0 Å². The molecule has 2 aromatic rings. The van der Waals surface area contributed by atoms with Crippen molar-refractivity contribution in [1.82, 2.24) is 0 Å². The van der Waals surface area contributed by atoms with E-state index in [1.165, 1.54) is 24.5 Å². The van der Waals surface area contributed by atoms with Crippen LogP contribution in [0, 0.1) is 5.82 Å². The van der Waals surface area contributed by atoms with E-state index < -0.39 is 5.82 Å². The predicted molar refractivity (Wildman–Crippen MR) is 53.6 cm³/mol. The van der Waals surface area contributed by atoms with Crippen LogP contribution in [0.3, 0.4) is 0 Å². The molecule has 0 fully saturated rings. The second-order valence-corrected chi connectivity index (χ2v) is 3.34. The van der Waals surface area contributed by atoms with Crippen LogP contribution in [0.25, 0.3) is 0 Å². The van der Waals surface area contributed by atoms with E-state index in [-0.39, 0.29) is 22.1 Å². The Morgan fingerprint density at radius 3 is 2.73 bits per heavy atom. The van der Waals surface area contributed by atoms with Crippen molar-refractivity contribution >= 4 is 17.4 Å². The van der Waals surface area contributed by atoms with Crippen LogP contribution in [0.4, 0.5) is 4.39 Å². The molecule has 76 valence electrons. The fourth-order valence-corrected chi connectivity index (χ4v) is 1.47. The maximum absolute atomic E-state index is 12.7. The average molecular weight is 225 g/mol. The zero-order chi connectivity index (χ0) is 10.8. The van der Waals surface area contributed by atoms with E-state index in [0.29, 0.717) is 0 Å². The quantitative estimate of drug-likeness (QED) is 0.733. The summed E-state index contributed by atoms with van der Waals surface area (Å²) < 4.78 is 17.7. The standard InChI is InChI=1S/C11H6ClFO2/c12-9-6-7(13)3-4-8(9)11(14)10-2-1-5-15-10/h1-6H. The number of furan rings is 1. The number of ketones is 1. The van der Waals surface area contributed by atoms with E-state index in [4.69, 9.17) is 16.0 Å². The number of benzene rings is 1. The Balaban J connectivity index is 2.42. The van der Waals surface area contributed by atoms with Gasteiger partial charge in [0.25, 0.3) is 0 Å². The van der Waals surface area contributed by atoms with E-state index in [1.54, 1.807) is 6.07 Å². The van der Waals surface area contributed by atoms with E-state index in [1.807, 2.05) is 0 Å². The lowest BCUT2D eigenvalue weighted by Gasteiger charge is -2.00. The number of rotatable bonds is 2. The summed E-state index contributed by atoms with van der Waals surface area (Å²) in [6.45, 7) is 0. The van der Waals surface area contributed by atoms with Gasteiger partial charge < -0.3 is 4.42 Å². The van der Waals surface area contributed by atoms with Crippen LogP contribution >= 0.6 is 11.6 Å². The highest BCUT2D eigenvalue weighted by atomic mass is 35.5. The highest BCUT2D eigenvalue weighted by molar-refractivity contribution is 6.34. The molecule has 4 heteroatoms. The smallest absolute Gasteiger partial charge is 0.229 e. The highest BCUT2D eigenvalue weighted by Crippen LogP contribution is 2.20. The summed E-state index contributed by atoms with van der Waals surface area (Å²) in [5, 5.41) is 0.0800. The van der Waals surface area contributed by atoms with Crippen LogP contribution in [0.1, 0.15) is 16.1 Å². The minimum atomic E-state index is -0.476. The summed E-state index contributed by atoms with van der Waals surface area (Å²) in [4.78, 5) is 11.7. The first-order chi connectivity index (χ1) is 7.18. The van der Waals surface area contributed by atoms with Crippen molar-refractivity contribution in [3.63, 3.8) is 0 Å². The van der Waals surface area contributed by atoms with Crippen molar-refractivity contribution in [3.8, 4) is 0 Å². The third-order valence-electron chi connectivity index (χ3n) is 1.92. The molecule has 0 radical (unpaired) electrons. The molecule has 0 saturated carbocycles. The van der Waals surface area contributed by atoms with Gasteiger partial charge in [0.15, 0.2) is 5.76 Å². The molecule has 15 heavy (non-hydrogen) atoms. The fourth-order valence-electron chi connectivity index (χ4n) is 1.21. The van der Waals surface area contributed by atoms with Crippen LogP contribution in [0.5, 0.6) is 0 Å². The third kappa shape index (κ3) is 1.92. The number of hydrogen-bond donors (Lipinski definition) is 0. The van der Waals surface area contributed by atoms with Gasteiger partial charge in [0.05, 0.1) is 11.3 Å². The first-order valence-corrected chi connectivity index (χ1v) is 4.59. The predicted octanol–water partition coefficient (Wildman–Crippen LogP) is 3.30. The van der Waals surface area contributed by atoms with Crippen LogP contribution in [0.2, 0.25) is 5.02 Å². The van der Waals surface area contributed by atoms with Gasteiger partial charge >= 0.3 is 0 Å². The molecule has 0 aliphatic carbocycles. The van der Waals surface area contributed by atoms with Gasteiger partial charge in [-0.3, -0.25) is 4.79 Å². The molecule has 0 aliphatic rings. The molecular weight excluding hydrogens is 219 g/mol. The van der Waals surface area contributed by atoms with Gasteiger partial charge in [0.2, 0.25) is 5.78 Å². The highest BCUT2D eigenvalue weighted by Gasteiger charge is 2.15. The lowest BCUT2D eigenvalue weighted by atomic mass is 10.1. The summed E-state index contributed by atoms with van der Waals surface area (Å²) >= 11 is 5.74. The minimum Gasteiger partial charge on any atom is -0.461 e. The van der Waals surface area contributed by atoms with Crippen molar-refractivity contribution in [2.24, 2.45) is 0 Å². The molecule has 0 aliphatic heterocycles. The number of halogens is 2. The monoisotopic (exact) mass is 224 g/mol. The first kappa shape index (κ1) is 9.93. The van der Waals surface area contributed by atoms with E-state index in [9.17, 15) is 9.18 Å². The molecular formula is C11H6ClFO2. The van der Waals surface area contributed by atoms with Gasteiger partial charge in [-0.2, -0.15) is 0 Å². The topological polar surface area (TPSA) is 30.2 Å². The van der Waals surface area contributed by atoms with Crippen LogP contribution in [-0.2, 0) is 0 Å². The zero-order valence-corrected chi connectivity index (χ0v) is 8.29. The van der Waals surface area contributed by atoms with Gasteiger partial charge in [0.1, 0.15) is 5.82 Å². The van der Waals surface area contributed by atoms with Crippen LogP contribution in [-0.4, -0.2) is 5.78 Å². The van der Waals surface area contributed by atoms with Gasteiger partial charge in [0, 0.05) is 5.56 Å². The molecule has 0 unspecified atom stereocenters. The van der Waals surface area contributed by atoms with E-state index in [0.717, 1.165) is 6.07 Å². The molecule has 0 spiro atoms. The largest absolute Gasteiger partial charge is 0.461 e. The molecule has 1 aromatic carbocycles. The van der Waals surface area contributed by atoms with Crippen molar-refractivity contribution in [3.05, 3.63) is 58.8 Å².